The van der Waals surface area contributed by atoms with Crippen molar-refractivity contribution in [2.75, 3.05) is 11.5 Å². The predicted octanol–water partition coefficient (Wildman–Crippen LogP) is 3.92. The van der Waals surface area contributed by atoms with Crippen molar-refractivity contribution in [2.24, 2.45) is 0 Å². The van der Waals surface area contributed by atoms with E-state index in [-0.39, 0.29) is 13.2 Å². The molecule has 5 heteroatoms. The highest BCUT2D eigenvalue weighted by Gasteiger charge is 1.97. The molecule has 2 rings (SSSR count). The Hall–Kier alpha value is -2.19. The summed E-state index contributed by atoms with van der Waals surface area (Å²) < 4.78 is 0.990. The van der Waals surface area contributed by atoms with Crippen LogP contribution in [0.1, 0.15) is 43.4 Å². The van der Waals surface area contributed by atoms with Crippen molar-refractivity contribution in [3.8, 4) is 24.2 Å². The van der Waals surface area contributed by atoms with E-state index >= 15 is 0 Å². The Balaban J connectivity index is 0.000000428. The molecule has 0 radical (unpaired) electrons. The molecule has 4 nitrogen and oxygen atoms in total. The summed E-state index contributed by atoms with van der Waals surface area (Å²) in [7, 11) is 0. The van der Waals surface area contributed by atoms with Crippen LogP contribution in [0.15, 0.2) is 36.4 Å². The van der Waals surface area contributed by atoms with Gasteiger partial charge in [0.1, 0.15) is 0 Å². The summed E-state index contributed by atoms with van der Waals surface area (Å²) in [4.78, 5) is 0. The van der Waals surface area contributed by atoms with Gasteiger partial charge >= 0.3 is 0 Å². The Morgan fingerprint density at radius 3 is 1.89 bits per heavy atom. The van der Waals surface area contributed by atoms with Gasteiger partial charge in [-0.15, -0.1) is 12.3 Å². The normalized spacial score (nSPS) is 8.74. The molecule has 0 aliphatic heterocycles. The van der Waals surface area contributed by atoms with Crippen LogP contribution in [0, 0.1) is 27.8 Å². The minimum Gasteiger partial charge on any atom is -0.398 e. The van der Waals surface area contributed by atoms with Crippen LogP contribution in [0.25, 0.3) is 0 Å². The summed E-state index contributed by atoms with van der Waals surface area (Å²) >= 11 is 2.14. The fraction of sp³-hybridized carbons (Fsp3) is 0.273. The second kappa shape index (κ2) is 14.9. The van der Waals surface area contributed by atoms with Crippen LogP contribution in [-0.2, 0) is 13.2 Å². The standard InChI is InChI=1S/C11H13NO.C7H8INO.C4H6/c1-2-3-4-10-7-9(8-13)5-6-11(10)12;8-6-3-5(4-10)1-2-7(6)9;1-3-4-2/h5-7,13H,2,8,12H2,1H3;1-3,10H,4,9H2;1H,4H2,2H3. The first-order valence-corrected chi connectivity index (χ1v) is 9.57. The van der Waals surface area contributed by atoms with Crippen LogP contribution in [0.3, 0.4) is 0 Å². The molecule has 27 heavy (non-hydrogen) atoms. The third-order valence-corrected chi connectivity index (χ3v) is 4.09. The zero-order valence-electron chi connectivity index (χ0n) is 15.8. The lowest BCUT2D eigenvalue weighted by molar-refractivity contribution is 0.281. The van der Waals surface area contributed by atoms with E-state index in [4.69, 9.17) is 28.1 Å². The lowest BCUT2D eigenvalue weighted by atomic mass is 10.1. The number of anilines is 2. The Labute approximate surface area is 176 Å². The van der Waals surface area contributed by atoms with E-state index in [1.165, 1.54) is 0 Å². The molecule has 0 spiro atoms. The largest absolute Gasteiger partial charge is 0.398 e. The monoisotopic (exact) mass is 478 g/mol. The molecule has 0 bridgehead atoms. The molecule has 0 heterocycles. The molecule has 0 aliphatic carbocycles. The van der Waals surface area contributed by atoms with E-state index < -0.39 is 0 Å². The summed E-state index contributed by atoms with van der Waals surface area (Å²) in [5, 5.41) is 17.6. The van der Waals surface area contributed by atoms with Crippen molar-refractivity contribution < 1.29 is 10.2 Å². The zero-order valence-corrected chi connectivity index (χ0v) is 18.0. The zero-order chi connectivity index (χ0) is 20.7. The van der Waals surface area contributed by atoms with Gasteiger partial charge in [-0.2, -0.15) is 0 Å². The van der Waals surface area contributed by atoms with Crippen molar-refractivity contribution in [1.29, 1.82) is 0 Å². The first-order chi connectivity index (χ1) is 12.9. The third kappa shape index (κ3) is 10.5. The molecular formula is C22H27IN2O2. The van der Waals surface area contributed by atoms with Crippen molar-refractivity contribution in [2.45, 2.75) is 39.9 Å². The Morgan fingerprint density at radius 2 is 1.44 bits per heavy atom. The molecule has 0 unspecified atom stereocenters. The van der Waals surface area contributed by atoms with Gasteiger partial charge in [-0.1, -0.05) is 37.8 Å². The quantitative estimate of drug-likeness (QED) is 0.299. The first-order valence-electron chi connectivity index (χ1n) is 8.49. The minimum absolute atomic E-state index is 0.0289. The van der Waals surface area contributed by atoms with Crippen molar-refractivity contribution in [1.82, 2.24) is 0 Å². The smallest absolute Gasteiger partial charge is 0.0682 e. The van der Waals surface area contributed by atoms with E-state index in [9.17, 15) is 0 Å². The van der Waals surface area contributed by atoms with Gasteiger partial charge in [0.15, 0.2) is 0 Å². The van der Waals surface area contributed by atoms with Crippen LogP contribution in [0.5, 0.6) is 0 Å². The highest BCUT2D eigenvalue weighted by atomic mass is 127. The fourth-order valence-corrected chi connectivity index (χ4v) is 2.24. The summed E-state index contributed by atoms with van der Waals surface area (Å²) in [5.74, 6) is 8.33. The van der Waals surface area contributed by atoms with Gasteiger partial charge in [0.2, 0.25) is 0 Å². The molecular weight excluding hydrogens is 451 g/mol. The molecule has 0 aromatic heterocycles. The molecule has 0 atom stereocenters. The third-order valence-electron chi connectivity index (χ3n) is 3.15. The summed E-state index contributed by atoms with van der Waals surface area (Å²) in [6, 6.07) is 10.9. The van der Waals surface area contributed by atoms with E-state index in [1.54, 1.807) is 18.2 Å². The molecule has 0 aliphatic rings. The fourth-order valence-electron chi connectivity index (χ4n) is 1.66. The van der Waals surface area contributed by atoms with Gasteiger partial charge < -0.3 is 21.7 Å². The van der Waals surface area contributed by atoms with Crippen LogP contribution >= 0.6 is 22.6 Å². The number of benzene rings is 2. The molecule has 2 aromatic rings. The number of rotatable bonds is 2. The summed E-state index contributed by atoms with van der Waals surface area (Å²) in [6.45, 7) is 4.04. The molecule has 2 aromatic carbocycles. The lowest BCUT2D eigenvalue weighted by Crippen LogP contribution is -1.92. The van der Waals surface area contributed by atoms with Gasteiger partial charge in [-0.3, -0.25) is 0 Å². The van der Waals surface area contributed by atoms with Crippen LogP contribution in [0.2, 0.25) is 0 Å². The predicted molar refractivity (Wildman–Crippen MR) is 123 cm³/mol. The lowest BCUT2D eigenvalue weighted by Gasteiger charge is -2.00. The number of aliphatic hydroxyl groups is 2. The van der Waals surface area contributed by atoms with Gasteiger partial charge in [0.25, 0.3) is 0 Å². The first kappa shape index (κ1) is 24.8. The molecule has 6 N–H and O–H groups in total. The number of aliphatic hydroxyl groups excluding tert-OH is 2. The second-order valence-electron chi connectivity index (χ2n) is 5.31. The Bertz CT molecular complexity index is 802. The average molecular weight is 478 g/mol. The second-order valence-corrected chi connectivity index (χ2v) is 6.47. The SMILES string of the molecule is C#CCC.CCC#Cc1cc(CO)ccc1N.Nc1ccc(CO)cc1I. The number of nitrogens with two attached hydrogens (primary N) is 2. The van der Waals surface area contributed by atoms with E-state index in [2.05, 4.69) is 40.4 Å². The number of terminal acetylenes is 1. The molecule has 0 amide bonds. The Morgan fingerprint density at radius 1 is 0.926 bits per heavy atom. The van der Waals surface area contributed by atoms with E-state index in [0.29, 0.717) is 5.69 Å². The number of hydrogen-bond acceptors (Lipinski definition) is 4. The van der Waals surface area contributed by atoms with E-state index in [0.717, 1.165) is 38.8 Å². The highest BCUT2D eigenvalue weighted by molar-refractivity contribution is 14.1. The molecule has 144 valence electrons. The summed E-state index contributed by atoms with van der Waals surface area (Å²) in [5.41, 5.74) is 15.2. The molecule has 0 fully saturated rings. The maximum absolute atomic E-state index is 8.89. The van der Waals surface area contributed by atoms with Gasteiger partial charge in [-0.05, 0) is 58.0 Å². The van der Waals surface area contributed by atoms with Crippen LogP contribution in [0.4, 0.5) is 11.4 Å². The Kier molecular flexibility index (Phi) is 13.7. The maximum atomic E-state index is 8.89. The molecule has 0 saturated heterocycles. The number of nitrogen functional groups attached to an aromatic ring is 2. The molecule has 0 saturated carbocycles. The average Bonchev–Trinajstić information content (AvgIpc) is 2.70. The van der Waals surface area contributed by atoms with Crippen LogP contribution in [-0.4, -0.2) is 10.2 Å². The number of halogens is 1. The van der Waals surface area contributed by atoms with Crippen molar-refractivity contribution in [3.63, 3.8) is 0 Å². The van der Waals surface area contributed by atoms with Crippen molar-refractivity contribution in [3.05, 3.63) is 56.7 Å². The minimum atomic E-state index is 0.0289. The summed E-state index contributed by atoms with van der Waals surface area (Å²) in [6.07, 6.45) is 6.43. The number of hydrogen-bond donors (Lipinski definition) is 4. The van der Waals surface area contributed by atoms with Crippen molar-refractivity contribution >= 4 is 34.0 Å². The topological polar surface area (TPSA) is 92.5 Å². The maximum Gasteiger partial charge on any atom is 0.0682 e. The van der Waals surface area contributed by atoms with Gasteiger partial charge in [0, 0.05) is 33.4 Å². The van der Waals surface area contributed by atoms with E-state index in [1.807, 2.05) is 32.0 Å². The van der Waals surface area contributed by atoms with Gasteiger partial charge in [0.05, 0.1) is 13.2 Å². The van der Waals surface area contributed by atoms with Gasteiger partial charge in [-0.25, -0.2) is 0 Å². The highest BCUT2D eigenvalue weighted by Crippen LogP contribution is 2.15. The van der Waals surface area contributed by atoms with Crippen LogP contribution < -0.4 is 11.5 Å².